The van der Waals surface area contributed by atoms with Crippen LogP contribution in [0.2, 0.25) is 0 Å². The SMILES string of the molecule is CCCC1CCCNC/C1=N\O. The molecule has 3 nitrogen and oxygen atoms in total. The van der Waals surface area contributed by atoms with Crippen molar-refractivity contribution in [3.8, 4) is 0 Å². The molecular formula is C9H18N2O. The van der Waals surface area contributed by atoms with Crippen LogP contribution >= 0.6 is 0 Å². The van der Waals surface area contributed by atoms with E-state index in [1.54, 1.807) is 0 Å². The van der Waals surface area contributed by atoms with E-state index in [-0.39, 0.29) is 0 Å². The molecule has 70 valence electrons. The first-order chi connectivity index (χ1) is 5.88. The molecule has 0 bridgehead atoms. The van der Waals surface area contributed by atoms with E-state index in [0.29, 0.717) is 5.92 Å². The van der Waals surface area contributed by atoms with Crippen molar-refractivity contribution in [2.45, 2.75) is 32.6 Å². The van der Waals surface area contributed by atoms with E-state index >= 15 is 0 Å². The molecule has 0 radical (unpaired) electrons. The summed E-state index contributed by atoms with van der Waals surface area (Å²) in [6, 6.07) is 0. The van der Waals surface area contributed by atoms with Crippen molar-refractivity contribution < 1.29 is 5.21 Å². The van der Waals surface area contributed by atoms with Gasteiger partial charge in [-0.05, 0) is 25.8 Å². The summed E-state index contributed by atoms with van der Waals surface area (Å²) in [5, 5.41) is 15.4. The lowest BCUT2D eigenvalue weighted by molar-refractivity contribution is 0.312. The maximum Gasteiger partial charge on any atom is 0.0739 e. The van der Waals surface area contributed by atoms with Crippen molar-refractivity contribution in [2.75, 3.05) is 13.1 Å². The molecule has 3 heteroatoms. The van der Waals surface area contributed by atoms with Gasteiger partial charge in [-0.1, -0.05) is 18.5 Å². The Balaban J connectivity index is 2.52. The summed E-state index contributed by atoms with van der Waals surface area (Å²) in [5.41, 5.74) is 0.939. The van der Waals surface area contributed by atoms with Gasteiger partial charge in [0.05, 0.1) is 5.71 Å². The summed E-state index contributed by atoms with van der Waals surface area (Å²) < 4.78 is 0. The summed E-state index contributed by atoms with van der Waals surface area (Å²) >= 11 is 0. The molecule has 0 amide bonds. The summed E-state index contributed by atoms with van der Waals surface area (Å²) in [6.07, 6.45) is 4.69. The zero-order valence-corrected chi connectivity index (χ0v) is 7.71. The van der Waals surface area contributed by atoms with Gasteiger partial charge >= 0.3 is 0 Å². The van der Waals surface area contributed by atoms with Crippen LogP contribution in [0.1, 0.15) is 32.6 Å². The highest BCUT2D eigenvalue weighted by molar-refractivity contribution is 5.88. The normalized spacial score (nSPS) is 28.8. The summed E-state index contributed by atoms with van der Waals surface area (Å²) in [6.45, 7) is 3.99. The minimum atomic E-state index is 0.509. The number of nitrogens with one attached hydrogen (secondary N) is 1. The van der Waals surface area contributed by atoms with Gasteiger partial charge in [0, 0.05) is 12.5 Å². The Morgan fingerprint density at radius 2 is 2.50 bits per heavy atom. The van der Waals surface area contributed by atoms with E-state index in [1.165, 1.54) is 19.3 Å². The minimum Gasteiger partial charge on any atom is -0.411 e. The lowest BCUT2D eigenvalue weighted by Crippen LogP contribution is -2.24. The number of oxime groups is 1. The van der Waals surface area contributed by atoms with Gasteiger partial charge < -0.3 is 10.5 Å². The van der Waals surface area contributed by atoms with Crippen LogP contribution in [0.3, 0.4) is 0 Å². The molecule has 0 aromatic heterocycles. The highest BCUT2D eigenvalue weighted by Gasteiger charge is 2.17. The quantitative estimate of drug-likeness (QED) is 0.488. The Hall–Kier alpha value is -0.570. The molecule has 0 saturated carbocycles. The average molecular weight is 170 g/mol. The molecule has 2 N–H and O–H groups in total. The number of nitrogens with zero attached hydrogens (tertiary/aromatic N) is 1. The second kappa shape index (κ2) is 5.14. The Labute approximate surface area is 73.8 Å². The van der Waals surface area contributed by atoms with E-state index in [1.807, 2.05) is 0 Å². The fourth-order valence-electron chi connectivity index (χ4n) is 1.78. The van der Waals surface area contributed by atoms with E-state index in [9.17, 15) is 0 Å². The molecule has 1 unspecified atom stereocenters. The molecule has 0 aromatic carbocycles. The Kier molecular flexibility index (Phi) is 4.08. The molecular weight excluding hydrogens is 152 g/mol. The molecule has 1 atom stereocenters. The number of hydrogen-bond acceptors (Lipinski definition) is 3. The van der Waals surface area contributed by atoms with Crippen molar-refractivity contribution in [3.63, 3.8) is 0 Å². The monoisotopic (exact) mass is 170 g/mol. The third kappa shape index (κ3) is 2.48. The Bertz CT molecular complexity index is 157. The molecule has 1 heterocycles. The van der Waals surface area contributed by atoms with E-state index in [0.717, 1.165) is 25.2 Å². The summed E-state index contributed by atoms with van der Waals surface area (Å²) in [5.74, 6) is 0.509. The van der Waals surface area contributed by atoms with Gasteiger partial charge in [0.1, 0.15) is 0 Å². The van der Waals surface area contributed by atoms with Crippen molar-refractivity contribution >= 4 is 5.71 Å². The van der Waals surface area contributed by atoms with Crippen LogP contribution in [0, 0.1) is 5.92 Å². The van der Waals surface area contributed by atoms with Crippen LogP contribution < -0.4 is 5.32 Å². The third-order valence-electron chi connectivity index (χ3n) is 2.45. The van der Waals surface area contributed by atoms with E-state index in [4.69, 9.17) is 5.21 Å². The van der Waals surface area contributed by atoms with Gasteiger partial charge in [0.2, 0.25) is 0 Å². The van der Waals surface area contributed by atoms with Crippen molar-refractivity contribution in [2.24, 2.45) is 11.1 Å². The molecule has 1 aliphatic heterocycles. The molecule has 1 rings (SSSR count). The van der Waals surface area contributed by atoms with Gasteiger partial charge in [-0.2, -0.15) is 0 Å². The molecule has 1 aliphatic rings. The van der Waals surface area contributed by atoms with Gasteiger partial charge in [-0.3, -0.25) is 0 Å². The van der Waals surface area contributed by atoms with E-state index in [2.05, 4.69) is 17.4 Å². The minimum absolute atomic E-state index is 0.509. The predicted molar refractivity (Wildman–Crippen MR) is 49.7 cm³/mol. The predicted octanol–water partition coefficient (Wildman–Crippen LogP) is 1.62. The maximum atomic E-state index is 8.76. The first-order valence-corrected chi connectivity index (χ1v) is 4.80. The lowest BCUT2D eigenvalue weighted by Gasteiger charge is -2.12. The highest BCUT2D eigenvalue weighted by Crippen LogP contribution is 2.17. The average Bonchev–Trinajstić information content (AvgIpc) is 2.30. The second-order valence-corrected chi connectivity index (χ2v) is 3.40. The highest BCUT2D eigenvalue weighted by atomic mass is 16.4. The molecule has 0 aliphatic carbocycles. The fraction of sp³-hybridized carbons (Fsp3) is 0.889. The Morgan fingerprint density at radius 1 is 1.67 bits per heavy atom. The molecule has 0 aromatic rings. The van der Waals surface area contributed by atoms with Gasteiger partial charge in [-0.15, -0.1) is 0 Å². The topological polar surface area (TPSA) is 44.6 Å². The molecule has 0 spiro atoms. The fourth-order valence-corrected chi connectivity index (χ4v) is 1.78. The summed E-state index contributed by atoms with van der Waals surface area (Å²) in [4.78, 5) is 0. The third-order valence-corrected chi connectivity index (χ3v) is 2.45. The van der Waals surface area contributed by atoms with Crippen molar-refractivity contribution in [1.29, 1.82) is 0 Å². The Morgan fingerprint density at radius 3 is 3.17 bits per heavy atom. The number of rotatable bonds is 2. The van der Waals surface area contributed by atoms with Crippen molar-refractivity contribution in [1.82, 2.24) is 5.32 Å². The van der Waals surface area contributed by atoms with Crippen LogP contribution in [-0.2, 0) is 0 Å². The lowest BCUT2D eigenvalue weighted by atomic mass is 9.94. The zero-order chi connectivity index (χ0) is 8.81. The zero-order valence-electron chi connectivity index (χ0n) is 7.71. The van der Waals surface area contributed by atoms with Crippen molar-refractivity contribution in [3.05, 3.63) is 0 Å². The van der Waals surface area contributed by atoms with Crippen LogP contribution in [0.25, 0.3) is 0 Å². The first kappa shape index (κ1) is 9.52. The van der Waals surface area contributed by atoms with E-state index < -0.39 is 0 Å². The molecule has 1 fully saturated rings. The molecule has 12 heavy (non-hydrogen) atoms. The van der Waals surface area contributed by atoms with Crippen LogP contribution in [0.15, 0.2) is 5.16 Å². The van der Waals surface area contributed by atoms with Gasteiger partial charge in [-0.25, -0.2) is 0 Å². The summed E-state index contributed by atoms with van der Waals surface area (Å²) in [7, 11) is 0. The first-order valence-electron chi connectivity index (χ1n) is 4.80. The maximum absolute atomic E-state index is 8.76. The standard InChI is InChI=1S/C9H18N2O/c1-2-4-8-5-3-6-10-7-9(8)11-12/h8,10,12H,2-7H2,1H3/b11-9+. The van der Waals surface area contributed by atoms with Crippen LogP contribution in [0.5, 0.6) is 0 Å². The smallest absolute Gasteiger partial charge is 0.0739 e. The van der Waals surface area contributed by atoms with Crippen LogP contribution in [0.4, 0.5) is 0 Å². The van der Waals surface area contributed by atoms with Gasteiger partial charge in [0.25, 0.3) is 0 Å². The number of hydrogen-bond donors (Lipinski definition) is 2. The largest absolute Gasteiger partial charge is 0.411 e. The van der Waals surface area contributed by atoms with Crippen LogP contribution in [-0.4, -0.2) is 24.0 Å². The molecule has 1 saturated heterocycles. The van der Waals surface area contributed by atoms with Gasteiger partial charge in [0.15, 0.2) is 0 Å². The second-order valence-electron chi connectivity index (χ2n) is 3.40.